The summed E-state index contributed by atoms with van der Waals surface area (Å²) < 4.78 is 21.6. The predicted molar refractivity (Wildman–Crippen MR) is 135 cm³/mol. The van der Waals surface area contributed by atoms with E-state index in [-0.39, 0.29) is 37.3 Å². The van der Waals surface area contributed by atoms with Crippen molar-refractivity contribution < 1.29 is 38.4 Å². The minimum Gasteiger partial charge on any atom is -0.497 e. The van der Waals surface area contributed by atoms with Crippen LogP contribution < -0.4 is 19.5 Å². The zero-order valence-corrected chi connectivity index (χ0v) is 21.5. The second-order valence-electron chi connectivity index (χ2n) is 9.30. The maximum Gasteiger partial charge on any atom is 0.332 e. The number of carbonyl (C=O) groups is 3. The molecule has 2 aliphatic carbocycles. The van der Waals surface area contributed by atoms with Crippen molar-refractivity contribution in [3.63, 3.8) is 0 Å². The number of esters is 1. The van der Waals surface area contributed by atoms with E-state index < -0.39 is 41.3 Å². The first-order chi connectivity index (χ1) is 18.2. The number of rotatable bonds is 11. The van der Waals surface area contributed by atoms with E-state index in [9.17, 15) is 19.5 Å². The highest BCUT2D eigenvalue weighted by atomic mass is 16.5. The Labute approximate surface area is 220 Å². The summed E-state index contributed by atoms with van der Waals surface area (Å²) in [6.07, 6.45) is 1.57. The maximum absolute atomic E-state index is 13.2. The third kappa shape index (κ3) is 5.41. The van der Waals surface area contributed by atoms with E-state index in [1.807, 2.05) is 12.1 Å². The van der Waals surface area contributed by atoms with E-state index in [1.165, 1.54) is 7.11 Å². The molecular formula is C27H31N3O8. The van der Waals surface area contributed by atoms with E-state index in [2.05, 4.69) is 21.9 Å². The summed E-state index contributed by atoms with van der Waals surface area (Å²) >= 11 is 0. The number of amides is 1. The van der Waals surface area contributed by atoms with Crippen molar-refractivity contribution >= 4 is 17.8 Å². The van der Waals surface area contributed by atoms with Crippen LogP contribution in [0, 0.1) is 17.8 Å². The Morgan fingerprint density at radius 3 is 2.42 bits per heavy atom. The van der Waals surface area contributed by atoms with Crippen LogP contribution in [0.5, 0.6) is 17.6 Å². The fourth-order valence-electron chi connectivity index (χ4n) is 4.86. The van der Waals surface area contributed by atoms with Gasteiger partial charge in [-0.2, -0.15) is 9.97 Å². The number of ether oxygens (including phenoxy) is 4. The standard InChI is InChI=1S/C27H31N3O8/c1-5-16-14-27(16,25(34)37-6-2)30-23(31)19-11-18(12-20(19)24(32)33)38-22-13-21(28-26(29-22)36-4)15-7-9-17(35-3)10-8-15/h5,7-10,13,16,18-20H,1,6,11-12,14H2,2-4H3,(H,30,31)(H,32,33)/t16-,18-,19-,20-,27-/m1/s1. The number of nitrogens with zero attached hydrogens (tertiary/aromatic N) is 2. The van der Waals surface area contributed by atoms with Gasteiger partial charge in [-0.3, -0.25) is 9.59 Å². The van der Waals surface area contributed by atoms with Crippen LogP contribution in [-0.2, 0) is 19.1 Å². The average Bonchev–Trinajstić information content (AvgIpc) is 3.47. The lowest BCUT2D eigenvalue weighted by molar-refractivity contribution is -0.150. The minimum absolute atomic E-state index is 0.0796. The molecule has 0 unspecified atom stereocenters. The molecule has 1 aromatic heterocycles. The second kappa shape index (κ2) is 11.1. The molecule has 2 fully saturated rings. The molecule has 202 valence electrons. The van der Waals surface area contributed by atoms with Gasteiger partial charge in [0.15, 0.2) is 0 Å². The van der Waals surface area contributed by atoms with Gasteiger partial charge >= 0.3 is 17.9 Å². The van der Waals surface area contributed by atoms with Gasteiger partial charge in [0.25, 0.3) is 0 Å². The maximum atomic E-state index is 13.2. The monoisotopic (exact) mass is 525 g/mol. The number of aromatic nitrogens is 2. The third-order valence-corrected chi connectivity index (χ3v) is 7.00. The summed E-state index contributed by atoms with van der Waals surface area (Å²) in [7, 11) is 3.01. The summed E-state index contributed by atoms with van der Waals surface area (Å²) in [5.74, 6) is -3.48. The molecule has 11 heteroatoms. The fourth-order valence-corrected chi connectivity index (χ4v) is 4.86. The number of methoxy groups -OCH3 is 2. The second-order valence-corrected chi connectivity index (χ2v) is 9.30. The quantitative estimate of drug-likeness (QED) is 0.332. The van der Waals surface area contributed by atoms with Crippen LogP contribution in [0.25, 0.3) is 11.3 Å². The molecule has 2 aliphatic rings. The largest absolute Gasteiger partial charge is 0.497 e. The van der Waals surface area contributed by atoms with Crippen LogP contribution in [0.3, 0.4) is 0 Å². The van der Waals surface area contributed by atoms with E-state index in [0.717, 1.165) is 5.56 Å². The number of carbonyl (C=O) groups excluding carboxylic acids is 2. The molecule has 1 amide bonds. The fraction of sp³-hybridized carbons (Fsp3) is 0.444. The van der Waals surface area contributed by atoms with Gasteiger partial charge in [0.1, 0.15) is 17.4 Å². The van der Waals surface area contributed by atoms with E-state index in [0.29, 0.717) is 17.9 Å². The number of hydrogen-bond donors (Lipinski definition) is 2. The smallest absolute Gasteiger partial charge is 0.332 e. The Morgan fingerprint density at radius 1 is 1.13 bits per heavy atom. The molecular weight excluding hydrogens is 494 g/mol. The molecule has 2 saturated carbocycles. The van der Waals surface area contributed by atoms with Crippen LogP contribution in [0.4, 0.5) is 0 Å². The summed E-state index contributed by atoms with van der Waals surface area (Å²) in [5, 5.41) is 12.6. The van der Waals surface area contributed by atoms with Crippen molar-refractivity contribution in [3.05, 3.63) is 43.0 Å². The molecule has 0 bridgehead atoms. The van der Waals surface area contributed by atoms with Crippen LogP contribution >= 0.6 is 0 Å². The number of carboxylic acids is 1. The van der Waals surface area contributed by atoms with Gasteiger partial charge in [0.05, 0.1) is 38.4 Å². The molecule has 2 aromatic rings. The number of nitrogens with one attached hydrogen (secondary N) is 1. The van der Waals surface area contributed by atoms with Crippen molar-refractivity contribution in [1.82, 2.24) is 15.3 Å². The normalized spacial score (nSPS) is 25.7. The van der Waals surface area contributed by atoms with Crippen molar-refractivity contribution in [3.8, 4) is 28.9 Å². The number of benzene rings is 1. The highest BCUT2D eigenvalue weighted by Gasteiger charge is 2.62. The van der Waals surface area contributed by atoms with Crippen molar-refractivity contribution in [2.45, 2.75) is 37.8 Å². The van der Waals surface area contributed by atoms with E-state index in [1.54, 1.807) is 38.3 Å². The summed E-state index contributed by atoms with van der Waals surface area (Å²) in [5.41, 5.74) is 0.107. The van der Waals surface area contributed by atoms with Crippen LogP contribution in [0.2, 0.25) is 0 Å². The van der Waals surface area contributed by atoms with Gasteiger partial charge in [0, 0.05) is 17.5 Å². The molecule has 38 heavy (non-hydrogen) atoms. The van der Waals surface area contributed by atoms with Crippen molar-refractivity contribution in [1.29, 1.82) is 0 Å². The van der Waals surface area contributed by atoms with Crippen LogP contribution in [0.15, 0.2) is 43.0 Å². The van der Waals surface area contributed by atoms with Crippen molar-refractivity contribution in [2.24, 2.45) is 17.8 Å². The Kier molecular flexibility index (Phi) is 7.84. The Hall–Kier alpha value is -4.15. The van der Waals surface area contributed by atoms with E-state index in [4.69, 9.17) is 18.9 Å². The Morgan fingerprint density at radius 2 is 1.84 bits per heavy atom. The van der Waals surface area contributed by atoms with E-state index >= 15 is 0 Å². The lowest BCUT2D eigenvalue weighted by atomic mass is 9.94. The van der Waals surface area contributed by atoms with Gasteiger partial charge in [-0.25, -0.2) is 4.79 Å². The third-order valence-electron chi connectivity index (χ3n) is 7.00. The van der Waals surface area contributed by atoms with Gasteiger partial charge in [-0.05, 0) is 50.5 Å². The predicted octanol–water partition coefficient (Wildman–Crippen LogP) is 2.64. The summed E-state index contributed by atoms with van der Waals surface area (Å²) in [6.45, 7) is 5.56. The Bertz CT molecular complexity index is 1220. The lowest BCUT2D eigenvalue weighted by Crippen LogP contribution is -2.49. The topological polar surface area (TPSA) is 146 Å². The van der Waals surface area contributed by atoms with Gasteiger partial charge in [0.2, 0.25) is 11.8 Å². The number of carboxylic acid groups (broad SMARTS) is 1. The summed E-state index contributed by atoms with van der Waals surface area (Å²) in [4.78, 5) is 46.5. The highest BCUT2D eigenvalue weighted by molar-refractivity contribution is 5.94. The first-order valence-electron chi connectivity index (χ1n) is 12.3. The SMILES string of the molecule is C=C[C@@H]1C[C@]1(NC(=O)[C@@H]1C[C@@H](Oc2cc(-c3ccc(OC)cc3)nc(OC)n2)C[C@H]1C(=O)O)C(=O)OCC. The molecule has 0 saturated heterocycles. The van der Waals surface area contributed by atoms with Gasteiger partial charge in [-0.1, -0.05) is 6.08 Å². The molecule has 1 heterocycles. The first kappa shape index (κ1) is 26.9. The molecule has 0 radical (unpaired) electrons. The molecule has 4 rings (SSSR count). The zero-order chi connectivity index (χ0) is 27.4. The van der Waals surface area contributed by atoms with Crippen LogP contribution in [-0.4, -0.2) is 65.4 Å². The Balaban J connectivity index is 1.51. The lowest BCUT2D eigenvalue weighted by Gasteiger charge is -2.21. The zero-order valence-electron chi connectivity index (χ0n) is 21.5. The minimum atomic E-state index is -1.20. The van der Waals surface area contributed by atoms with Gasteiger partial charge in [-0.15, -0.1) is 6.58 Å². The average molecular weight is 526 g/mol. The first-order valence-corrected chi connectivity index (χ1v) is 12.3. The molecule has 2 N–H and O–H groups in total. The molecule has 5 atom stereocenters. The summed E-state index contributed by atoms with van der Waals surface area (Å²) in [6, 6.07) is 8.95. The molecule has 1 aromatic carbocycles. The molecule has 0 spiro atoms. The highest BCUT2D eigenvalue weighted by Crippen LogP contribution is 2.46. The number of aliphatic carboxylic acids is 1. The van der Waals surface area contributed by atoms with Crippen molar-refractivity contribution in [2.75, 3.05) is 20.8 Å². The van der Waals surface area contributed by atoms with Crippen LogP contribution in [0.1, 0.15) is 26.2 Å². The van der Waals surface area contributed by atoms with Gasteiger partial charge < -0.3 is 29.4 Å². The molecule has 11 nitrogen and oxygen atoms in total. The molecule has 0 aliphatic heterocycles. The number of hydrogen-bond acceptors (Lipinski definition) is 9.